The highest BCUT2D eigenvalue weighted by atomic mass is 16.4. The molecule has 1 aromatic rings. The van der Waals surface area contributed by atoms with Crippen LogP contribution >= 0.6 is 0 Å². The summed E-state index contributed by atoms with van der Waals surface area (Å²) in [5.74, 6) is -0.813. The topological polar surface area (TPSA) is 40.5 Å². The van der Waals surface area contributed by atoms with Crippen molar-refractivity contribution in [1.82, 2.24) is 4.90 Å². The molecule has 1 unspecified atom stereocenters. The molecule has 0 aliphatic heterocycles. The van der Waals surface area contributed by atoms with E-state index in [9.17, 15) is 9.90 Å². The van der Waals surface area contributed by atoms with E-state index in [-0.39, 0.29) is 5.41 Å². The molecule has 3 heteroatoms. The summed E-state index contributed by atoms with van der Waals surface area (Å²) < 4.78 is 0. The van der Waals surface area contributed by atoms with Crippen LogP contribution in [-0.2, 0) is 10.2 Å². The summed E-state index contributed by atoms with van der Waals surface area (Å²) in [5.41, 5.74) is 3.20. The smallest absolute Gasteiger partial charge is 0.325 e. The van der Waals surface area contributed by atoms with Crippen molar-refractivity contribution in [2.45, 2.75) is 39.2 Å². The predicted molar refractivity (Wildman–Crippen MR) is 73.9 cm³/mol. The van der Waals surface area contributed by atoms with Crippen LogP contribution in [0, 0.1) is 6.92 Å². The van der Waals surface area contributed by atoms with Crippen molar-refractivity contribution in [3.8, 4) is 0 Å². The van der Waals surface area contributed by atoms with Gasteiger partial charge in [-0.05, 0) is 43.1 Å². The lowest BCUT2D eigenvalue weighted by Gasteiger charge is -2.25. The normalized spacial score (nSPS) is 13.7. The fourth-order valence-corrected chi connectivity index (χ4v) is 2.08. The summed E-state index contributed by atoms with van der Waals surface area (Å²) >= 11 is 0. The standard InChI is InChI=1S/C15H23NO2/c1-10-9-11(15(2,3)4)7-8-12(10)13(14(17)18)16(5)6/h7-9,13H,1-6H3,(H,17,18). The van der Waals surface area contributed by atoms with Gasteiger partial charge in [0, 0.05) is 0 Å². The van der Waals surface area contributed by atoms with Crippen LogP contribution in [0.15, 0.2) is 18.2 Å². The van der Waals surface area contributed by atoms with E-state index in [1.165, 1.54) is 5.56 Å². The number of aliphatic carboxylic acids is 1. The van der Waals surface area contributed by atoms with Crippen molar-refractivity contribution in [2.24, 2.45) is 0 Å². The van der Waals surface area contributed by atoms with Gasteiger partial charge in [0.15, 0.2) is 0 Å². The summed E-state index contributed by atoms with van der Waals surface area (Å²) in [7, 11) is 3.58. The van der Waals surface area contributed by atoms with Crippen LogP contribution in [0.5, 0.6) is 0 Å². The molecule has 1 N–H and O–H groups in total. The van der Waals surface area contributed by atoms with Crippen molar-refractivity contribution in [3.05, 3.63) is 34.9 Å². The Morgan fingerprint density at radius 2 is 1.83 bits per heavy atom. The number of likely N-dealkylation sites (N-methyl/N-ethyl adjacent to an activating group) is 1. The molecule has 0 saturated heterocycles. The highest BCUT2D eigenvalue weighted by molar-refractivity contribution is 5.76. The number of aryl methyl sites for hydroxylation is 1. The Morgan fingerprint density at radius 3 is 2.17 bits per heavy atom. The summed E-state index contributed by atoms with van der Waals surface area (Å²) in [6.45, 7) is 8.44. The second kappa shape index (κ2) is 5.11. The van der Waals surface area contributed by atoms with Crippen LogP contribution in [0.4, 0.5) is 0 Å². The van der Waals surface area contributed by atoms with E-state index in [1.807, 2.05) is 19.1 Å². The Morgan fingerprint density at radius 1 is 1.28 bits per heavy atom. The lowest BCUT2D eigenvalue weighted by atomic mass is 9.84. The summed E-state index contributed by atoms with van der Waals surface area (Å²) in [5, 5.41) is 9.31. The van der Waals surface area contributed by atoms with Crippen molar-refractivity contribution in [1.29, 1.82) is 0 Å². The van der Waals surface area contributed by atoms with E-state index in [4.69, 9.17) is 0 Å². The lowest BCUT2D eigenvalue weighted by Crippen LogP contribution is -2.28. The van der Waals surface area contributed by atoms with Crippen LogP contribution in [-0.4, -0.2) is 30.1 Å². The van der Waals surface area contributed by atoms with Crippen molar-refractivity contribution >= 4 is 5.97 Å². The van der Waals surface area contributed by atoms with E-state index in [0.717, 1.165) is 11.1 Å². The van der Waals surface area contributed by atoms with Crippen LogP contribution in [0.3, 0.4) is 0 Å². The average Bonchev–Trinajstić information content (AvgIpc) is 2.18. The molecule has 1 rings (SSSR count). The molecule has 1 atom stereocenters. The van der Waals surface area contributed by atoms with Crippen LogP contribution < -0.4 is 0 Å². The number of hydrogen-bond donors (Lipinski definition) is 1. The minimum absolute atomic E-state index is 0.0835. The number of carbonyl (C=O) groups is 1. The second-order valence-corrected chi connectivity index (χ2v) is 6.03. The van der Waals surface area contributed by atoms with Gasteiger partial charge in [-0.3, -0.25) is 9.69 Å². The first-order chi connectivity index (χ1) is 8.14. The minimum atomic E-state index is -0.813. The number of carboxylic acids is 1. The first-order valence-corrected chi connectivity index (χ1v) is 6.15. The molecule has 100 valence electrons. The molecular weight excluding hydrogens is 226 g/mol. The predicted octanol–water partition coefficient (Wildman–Crippen LogP) is 2.98. The zero-order chi connectivity index (χ0) is 14.1. The zero-order valence-electron chi connectivity index (χ0n) is 12.1. The van der Waals surface area contributed by atoms with Crippen LogP contribution in [0.1, 0.15) is 43.5 Å². The monoisotopic (exact) mass is 249 g/mol. The van der Waals surface area contributed by atoms with Gasteiger partial charge < -0.3 is 5.11 Å². The molecule has 0 saturated carbocycles. The second-order valence-electron chi connectivity index (χ2n) is 6.03. The molecule has 0 heterocycles. The lowest BCUT2D eigenvalue weighted by molar-refractivity contribution is -0.142. The van der Waals surface area contributed by atoms with Gasteiger partial charge in [0.1, 0.15) is 6.04 Å². The third kappa shape index (κ3) is 3.10. The number of hydrogen-bond acceptors (Lipinski definition) is 2. The molecule has 3 nitrogen and oxygen atoms in total. The first-order valence-electron chi connectivity index (χ1n) is 6.15. The van der Waals surface area contributed by atoms with Gasteiger partial charge in [-0.25, -0.2) is 0 Å². The molecule has 1 aromatic carbocycles. The molecule has 0 radical (unpaired) electrons. The molecule has 18 heavy (non-hydrogen) atoms. The van der Waals surface area contributed by atoms with E-state index >= 15 is 0 Å². The highest BCUT2D eigenvalue weighted by Crippen LogP contribution is 2.28. The summed E-state index contributed by atoms with van der Waals surface area (Å²) in [6.07, 6.45) is 0. The number of carboxylic acid groups (broad SMARTS) is 1. The summed E-state index contributed by atoms with van der Waals surface area (Å²) in [6, 6.07) is 5.48. The molecular formula is C15H23NO2. The average molecular weight is 249 g/mol. The largest absolute Gasteiger partial charge is 0.480 e. The van der Waals surface area contributed by atoms with E-state index in [1.54, 1.807) is 19.0 Å². The van der Waals surface area contributed by atoms with E-state index in [0.29, 0.717) is 0 Å². The van der Waals surface area contributed by atoms with Crippen LogP contribution in [0.2, 0.25) is 0 Å². The molecule has 0 aliphatic carbocycles. The fourth-order valence-electron chi connectivity index (χ4n) is 2.08. The molecule has 0 aromatic heterocycles. The van der Waals surface area contributed by atoms with Gasteiger partial charge in [0.25, 0.3) is 0 Å². The Kier molecular flexibility index (Phi) is 4.17. The Hall–Kier alpha value is -1.35. The van der Waals surface area contributed by atoms with Gasteiger partial charge in [-0.2, -0.15) is 0 Å². The maximum absolute atomic E-state index is 11.3. The molecule has 0 fully saturated rings. The van der Waals surface area contributed by atoms with Crippen molar-refractivity contribution in [2.75, 3.05) is 14.1 Å². The highest BCUT2D eigenvalue weighted by Gasteiger charge is 2.24. The number of benzene rings is 1. The number of nitrogens with zero attached hydrogens (tertiary/aromatic N) is 1. The maximum Gasteiger partial charge on any atom is 0.325 e. The van der Waals surface area contributed by atoms with E-state index in [2.05, 4.69) is 26.8 Å². The minimum Gasteiger partial charge on any atom is -0.480 e. The van der Waals surface area contributed by atoms with Gasteiger partial charge in [0.2, 0.25) is 0 Å². The van der Waals surface area contributed by atoms with Gasteiger partial charge in [0.05, 0.1) is 0 Å². The Labute approximate surface area is 109 Å². The number of rotatable bonds is 3. The Bertz CT molecular complexity index is 444. The van der Waals surface area contributed by atoms with Gasteiger partial charge in [-0.15, -0.1) is 0 Å². The first kappa shape index (κ1) is 14.7. The molecule has 0 bridgehead atoms. The third-order valence-electron chi connectivity index (χ3n) is 3.18. The quantitative estimate of drug-likeness (QED) is 0.895. The van der Waals surface area contributed by atoms with Gasteiger partial charge >= 0.3 is 5.97 Å². The van der Waals surface area contributed by atoms with Gasteiger partial charge in [-0.1, -0.05) is 39.0 Å². The SMILES string of the molecule is Cc1cc(C(C)(C)C)ccc1C(C(=O)O)N(C)C. The molecule has 0 aliphatic rings. The molecule has 0 spiro atoms. The fraction of sp³-hybridized carbons (Fsp3) is 0.533. The molecule has 0 amide bonds. The van der Waals surface area contributed by atoms with E-state index < -0.39 is 12.0 Å². The summed E-state index contributed by atoms with van der Waals surface area (Å²) in [4.78, 5) is 13.1. The van der Waals surface area contributed by atoms with Crippen LogP contribution in [0.25, 0.3) is 0 Å². The van der Waals surface area contributed by atoms with Crippen molar-refractivity contribution in [3.63, 3.8) is 0 Å². The van der Waals surface area contributed by atoms with Crippen molar-refractivity contribution < 1.29 is 9.90 Å². The maximum atomic E-state index is 11.3. The third-order valence-corrected chi connectivity index (χ3v) is 3.18. The zero-order valence-corrected chi connectivity index (χ0v) is 12.1. The Balaban J connectivity index is 3.24.